The fourth-order valence-electron chi connectivity index (χ4n) is 2.47. The molecule has 0 radical (unpaired) electrons. The van der Waals surface area contributed by atoms with E-state index >= 15 is 0 Å². The van der Waals surface area contributed by atoms with E-state index in [-0.39, 0.29) is 11.1 Å². The van der Waals surface area contributed by atoms with Gasteiger partial charge in [0.1, 0.15) is 11.3 Å². The van der Waals surface area contributed by atoms with Crippen LogP contribution in [0.4, 0.5) is 0 Å². The third-order valence-corrected chi connectivity index (χ3v) is 3.81. The number of pyridine rings is 1. The maximum atomic E-state index is 12.2. The number of nitrogens with zero attached hydrogens (tertiary/aromatic N) is 3. The lowest BCUT2D eigenvalue weighted by atomic mass is 10.2. The van der Waals surface area contributed by atoms with Gasteiger partial charge in [-0.3, -0.25) is 19.6 Å². The van der Waals surface area contributed by atoms with Crippen LogP contribution in [0.25, 0.3) is 5.69 Å². The van der Waals surface area contributed by atoms with Gasteiger partial charge in [0.2, 0.25) is 5.88 Å². The molecule has 3 N–H and O–H groups in total. The molecule has 0 aliphatic carbocycles. The standard InChI is InChI=1S/C19H17N5O5/c1-2-29-14-7-5-13(6-8-14)24-18(27)15(17(26)22-19(24)28)11-21-23-16(25)12-4-3-9-20-10-12/h3-11,27H,2H2,1H3,(H,23,25)(H,22,26,28). The third kappa shape index (κ3) is 4.38. The molecule has 148 valence electrons. The first-order chi connectivity index (χ1) is 14.0. The van der Waals surface area contributed by atoms with Gasteiger partial charge in [0.05, 0.1) is 24.1 Å². The Bertz CT molecular complexity index is 1150. The van der Waals surface area contributed by atoms with Gasteiger partial charge in [0.25, 0.3) is 11.5 Å². The van der Waals surface area contributed by atoms with E-state index < -0.39 is 23.0 Å². The molecule has 3 rings (SSSR count). The van der Waals surface area contributed by atoms with Gasteiger partial charge >= 0.3 is 5.69 Å². The van der Waals surface area contributed by atoms with Crippen LogP contribution in [0.5, 0.6) is 11.6 Å². The van der Waals surface area contributed by atoms with Crippen LogP contribution in [-0.4, -0.2) is 38.4 Å². The average Bonchev–Trinajstić information content (AvgIpc) is 2.72. The molecule has 1 amide bonds. The summed E-state index contributed by atoms with van der Waals surface area (Å²) in [4.78, 5) is 42.1. The Morgan fingerprint density at radius 2 is 2.07 bits per heavy atom. The Labute approximate surface area is 164 Å². The number of hydrazone groups is 1. The van der Waals surface area contributed by atoms with Crippen molar-refractivity contribution in [2.24, 2.45) is 5.10 Å². The van der Waals surface area contributed by atoms with Crippen molar-refractivity contribution in [2.75, 3.05) is 6.61 Å². The maximum absolute atomic E-state index is 12.2. The number of aromatic hydroxyl groups is 1. The SMILES string of the molecule is CCOc1ccc(-n2c(O)c(C=NNC(=O)c3cccnc3)c(=O)[nH]c2=O)cc1. The first kappa shape index (κ1) is 19.5. The first-order valence-corrected chi connectivity index (χ1v) is 8.56. The maximum Gasteiger partial charge on any atom is 0.335 e. The van der Waals surface area contributed by atoms with Crippen LogP contribution in [0, 0.1) is 0 Å². The zero-order valence-electron chi connectivity index (χ0n) is 15.3. The molecule has 0 saturated heterocycles. The smallest absolute Gasteiger partial charge is 0.335 e. The Kier molecular flexibility index (Phi) is 5.83. The normalized spacial score (nSPS) is 10.8. The summed E-state index contributed by atoms with van der Waals surface area (Å²) in [5.41, 5.74) is 0.813. The van der Waals surface area contributed by atoms with Gasteiger partial charge in [0, 0.05) is 12.4 Å². The number of aromatic amines is 1. The second-order valence-corrected chi connectivity index (χ2v) is 5.70. The van der Waals surface area contributed by atoms with Crippen LogP contribution < -0.4 is 21.4 Å². The Morgan fingerprint density at radius 3 is 2.72 bits per heavy atom. The molecule has 0 aliphatic heterocycles. The minimum Gasteiger partial charge on any atom is -0.494 e. The highest BCUT2D eigenvalue weighted by molar-refractivity contribution is 5.94. The molecule has 29 heavy (non-hydrogen) atoms. The molecular formula is C19H17N5O5. The van der Waals surface area contributed by atoms with Crippen LogP contribution in [0.15, 0.2) is 63.5 Å². The summed E-state index contributed by atoms with van der Waals surface area (Å²) in [6.45, 7) is 2.32. The summed E-state index contributed by atoms with van der Waals surface area (Å²) in [6, 6.07) is 9.47. The fourth-order valence-corrected chi connectivity index (χ4v) is 2.47. The van der Waals surface area contributed by atoms with E-state index in [1.165, 1.54) is 18.5 Å². The lowest BCUT2D eigenvalue weighted by molar-refractivity contribution is 0.0954. The van der Waals surface area contributed by atoms with Gasteiger partial charge in [-0.1, -0.05) is 0 Å². The summed E-state index contributed by atoms with van der Waals surface area (Å²) in [5.74, 6) is -0.583. The molecule has 0 bridgehead atoms. The monoisotopic (exact) mass is 395 g/mol. The predicted molar refractivity (Wildman–Crippen MR) is 105 cm³/mol. The molecule has 0 fully saturated rings. The van der Waals surface area contributed by atoms with Crippen molar-refractivity contribution in [1.29, 1.82) is 0 Å². The zero-order valence-corrected chi connectivity index (χ0v) is 15.3. The second-order valence-electron chi connectivity index (χ2n) is 5.70. The molecular weight excluding hydrogens is 378 g/mol. The van der Waals surface area contributed by atoms with Gasteiger partial charge in [-0.05, 0) is 43.3 Å². The number of amides is 1. The summed E-state index contributed by atoms with van der Waals surface area (Å²) in [6.07, 6.45) is 3.82. The molecule has 0 atom stereocenters. The number of nitrogens with one attached hydrogen (secondary N) is 2. The van der Waals surface area contributed by atoms with Gasteiger partial charge in [-0.25, -0.2) is 14.8 Å². The number of aromatic nitrogens is 3. The summed E-state index contributed by atoms with van der Waals surface area (Å²) >= 11 is 0. The number of benzene rings is 1. The van der Waals surface area contributed by atoms with Gasteiger partial charge < -0.3 is 9.84 Å². The minimum absolute atomic E-state index is 0.266. The predicted octanol–water partition coefficient (Wildman–Crippen LogP) is 0.789. The molecule has 10 nitrogen and oxygen atoms in total. The van der Waals surface area contributed by atoms with E-state index in [0.29, 0.717) is 18.0 Å². The Morgan fingerprint density at radius 1 is 1.31 bits per heavy atom. The third-order valence-electron chi connectivity index (χ3n) is 3.81. The van der Waals surface area contributed by atoms with E-state index in [9.17, 15) is 19.5 Å². The number of ether oxygens (including phenoxy) is 1. The molecule has 0 saturated carbocycles. The van der Waals surface area contributed by atoms with E-state index in [1.54, 1.807) is 30.3 Å². The average molecular weight is 395 g/mol. The van der Waals surface area contributed by atoms with Crippen molar-refractivity contribution in [3.8, 4) is 17.3 Å². The lowest BCUT2D eigenvalue weighted by Crippen LogP contribution is -2.31. The van der Waals surface area contributed by atoms with Gasteiger partial charge in [0.15, 0.2) is 0 Å². The highest BCUT2D eigenvalue weighted by atomic mass is 16.5. The van der Waals surface area contributed by atoms with Crippen LogP contribution in [0.2, 0.25) is 0 Å². The van der Waals surface area contributed by atoms with Crippen LogP contribution in [0.3, 0.4) is 0 Å². The van der Waals surface area contributed by atoms with E-state index in [4.69, 9.17) is 4.74 Å². The summed E-state index contributed by atoms with van der Waals surface area (Å²) in [7, 11) is 0. The zero-order chi connectivity index (χ0) is 20.8. The Hall–Kier alpha value is -4.21. The van der Waals surface area contributed by atoms with Crippen LogP contribution >= 0.6 is 0 Å². The second kappa shape index (κ2) is 8.65. The van der Waals surface area contributed by atoms with Crippen molar-refractivity contribution < 1.29 is 14.6 Å². The topological polar surface area (TPSA) is 139 Å². The molecule has 1 aromatic carbocycles. The molecule has 2 aromatic heterocycles. The van der Waals surface area contributed by atoms with Crippen molar-refractivity contribution in [2.45, 2.75) is 6.92 Å². The quantitative estimate of drug-likeness (QED) is 0.417. The molecule has 0 unspecified atom stereocenters. The number of carbonyl (C=O) groups is 1. The minimum atomic E-state index is -0.853. The highest BCUT2D eigenvalue weighted by Gasteiger charge is 2.14. The number of carbonyl (C=O) groups excluding carboxylic acids is 1. The van der Waals surface area contributed by atoms with Crippen LogP contribution in [0.1, 0.15) is 22.8 Å². The van der Waals surface area contributed by atoms with Crippen LogP contribution in [-0.2, 0) is 0 Å². The number of hydrogen-bond acceptors (Lipinski definition) is 7. The van der Waals surface area contributed by atoms with E-state index in [0.717, 1.165) is 10.8 Å². The van der Waals surface area contributed by atoms with Gasteiger partial charge in [-0.15, -0.1) is 0 Å². The largest absolute Gasteiger partial charge is 0.494 e. The molecule has 0 spiro atoms. The summed E-state index contributed by atoms with van der Waals surface area (Å²) < 4.78 is 6.24. The molecule has 2 heterocycles. The Balaban J connectivity index is 1.90. The molecule has 10 heteroatoms. The number of rotatable bonds is 6. The van der Waals surface area contributed by atoms with E-state index in [2.05, 4.69) is 20.5 Å². The van der Waals surface area contributed by atoms with Crippen molar-refractivity contribution >= 4 is 12.1 Å². The number of H-pyrrole nitrogens is 1. The van der Waals surface area contributed by atoms with Gasteiger partial charge in [-0.2, -0.15) is 5.10 Å². The first-order valence-electron chi connectivity index (χ1n) is 8.56. The lowest BCUT2D eigenvalue weighted by Gasteiger charge is -2.10. The van der Waals surface area contributed by atoms with Crippen molar-refractivity contribution in [1.82, 2.24) is 20.0 Å². The fraction of sp³-hybridized carbons (Fsp3) is 0.105. The van der Waals surface area contributed by atoms with Crippen molar-refractivity contribution in [3.63, 3.8) is 0 Å². The molecule has 3 aromatic rings. The highest BCUT2D eigenvalue weighted by Crippen LogP contribution is 2.18. The number of hydrogen-bond donors (Lipinski definition) is 3. The summed E-state index contributed by atoms with van der Waals surface area (Å²) in [5, 5.41) is 14.1. The van der Waals surface area contributed by atoms with Crippen molar-refractivity contribution in [3.05, 3.63) is 80.8 Å². The molecule has 0 aliphatic rings. The van der Waals surface area contributed by atoms with E-state index in [1.807, 2.05) is 6.92 Å².